The Labute approximate surface area is 168 Å². The van der Waals surface area contributed by atoms with Gasteiger partial charge in [0.15, 0.2) is 0 Å². The molecule has 3 heterocycles. The molecule has 0 atom stereocenters. The molecule has 1 aromatic carbocycles. The molecule has 0 aliphatic carbocycles. The molecule has 0 spiro atoms. The first-order chi connectivity index (χ1) is 14.2. The number of aromatic nitrogens is 4. The summed E-state index contributed by atoms with van der Waals surface area (Å²) in [5.41, 5.74) is 0.801. The van der Waals surface area contributed by atoms with Gasteiger partial charge in [-0.2, -0.15) is 0 Å². The fourth-order valence-electron chi connectivity index (χ4n) is 3.25. The monoisotopic (exact) mass is 394 g/mol. The highest BCUT2D eigenvalue weighted by Crippen LogP contribution is 2.29. The lowest BCUT2D eigenvalue weighted by atomic mass is 10.2. The Balaban J connectivity index is 1.52. The van der Waals surface area contributed by atoms with Crippen LogP contribution in [0.4, 0.5) is 11.5 Å². The molecule has 3 aromatic rings. The maximum Gasteiger partial charge on any atom is 0.275 e. The minimum atomic E-state index is -0.346. The maximum absolute atomic E-state index is 12.6. The lowest BCUT2D eigenvalue weighted by molar-refractivity contribution is 0.102. The number of carbonyl (C=O) groups excluding carboxylic acids is 1. The smallest absolute Gasteiger partial charge is 0.275 e. The molecule has 9 heteroatoms. The van der Waals surface area contributed by atoms with Crippen molar-refractivity contribution >= 4 is 17.4 Å². The zero-order valence-corrected chi connectivity index (χ0v) is 16.3. The van der Waals surface area contributed by atoms with Crippen LogP contribution in [-0.2, 0) is 0 Å². The molecule has 1 fully saturated rings. The topological polar surface area (TPSA) is 94.4 Å². The van der Waals surface area contributed by atoms with E-state index in [-0.39, 0.29) is 11.6 Å². The fraction of sp³-hybridized carbons (Fsp3) is 0.300. The van der Waals surface area contributed by atoms with E-state index in [9.17, 15) is 4.79 Å². The van der Waals surface area contributed by atoms with Crippen LogP contribution in [0.5, 0.6) is 11.5 Å². The SMILES string of the molecule is COc1ccc(NC(=O)c2cn(-c3cc(N4CCCC4)ncn3)cn2)c(OC)c1. The molecule has 1 amide bonds. The van der Waals surface area contributed by atoms with Crippen molar-refractivity contribution in [3.63, 3.8) is 0 Å². The van der Waals surface area contributed by atoms with Gasteiger partial charge in [0.05, 0.1) is 19.9 Å². The molecule has 29 heavy (non-hydrogen) atoms. The first kappa shape index (κ1) is 18.7. The number of nitrogens with zero attached hydrogens (tertiary/aromatic N) is 5. The van der Waals surface area contributed by atoms with Crippen LogP contribution in [0.1, 0.15) is 23.3 Å². The number of hydrogen-bond acceptors (Lipinski definition) is 7. The molecule has 9 nitrogen and oxygen atoms in total. The Bertz CT molecular complexity index is 1010. The molecule has 0 bridgehead atoms. The molecule has 1 aliphatic heterocycles. The van der Waals surface area contributed by atoms with Crippen LogP contribution in [-0.4, -0.2) is 52.7 Å². The molecule has 4 rings (SSSR count). The number of hydrogen-bond donors (Lipinski definition) is 1. The highest BCUT2D eigenvalue weighted by atomic mass is 16.5. The lowest BCUT2D eigenvalue weighted by Gasteiger charge is -2.16. The largest absolute Gasteiger partial charge is 0.497 e. The third-order valence-electron chi connectivity index (χ3n) is 4.80. The van der Waals surface area contributed by atoms with Gasteiger partial charge in [0.25, 0.3) is 5.91 Å². The average molecular weight is 394 g/mol. The molecule has 0 radical (unpaired) electrons. The van der Waals surface area contributed by atoms with Crippen LogP contribution in [0, 0.1) is 0 Å². The first-order valence-electron chi connectivity index (χ1n) is 9.32. The highest BCUT2D eigenvalue weighted by molar-refractivity contribution is 6.03. The lowest BCUT2D eigenvalue weighted by Crippen LogP contribution is -2.19. The zero-order valence-electron chi connectivity index (χ0n) is 16.3. The van der Waals surface area contributed by atoms with Crippen LogP contribution in [0.15, 0.2) is 43.1 Å². The normalized spacial score (nSPS) is 13.4. The number of nitrogens with one attached hydrogen (secondary N) is 1. The highest BCUT2D eigenvalue weighted by Gasteiger charge is 2.16. The second-order valence-corrected chi connectivity index (χ2v) is 6.62. The van der Waals surface area contributed by atoms with Crippen LogP contribution in [0.3, 0.4) is 0 Å². The molecular weight excluding hydrogens is 372 g/mol. The molecule has 1 N–H and O–H groups in total. The van der Waals surface area contributed by atoms with E-state index in [4.69, 9.17) is 9.47 Å². The standard InChI is InChI=1S/C20H22N6O3/c1-28-14-5-6-15(17(9-14)29-2)24-20(27)16-11-26(13-23-16)19-10-18(21-12-22-19)25-7-3-4-8-25/h5-6,9-13H,3-4,7-8H2,1-2H3,(H,24,27). The van der Waals surface area contributed by atoms with Gasteiger partial charge in [0, 0.05) is 31.4 Å². The van der Waals surface area contributed by atoms with Crippen LogP contribution >= 0.6 is 0 Å². The van der Waals surface area contributed by atoms with E-state index in [1.807, 2.05) is 6.07 Å². The van der Waals surface area contributed by atoms with Gasteiger partial charge in [-0.15, -0.1) is 0 Å². The molecular formula is C20H22N6O3. The Morgan fingerprint density at radius 3 is 2.59 bits per heavy atom. The summed E-state index contributed by atoms with van der Waals surface area (Å²) in [4.78, 5) is 27.7. The molecule has 0 unspecified atom stereocenters. The number of methoxy groups -OCH3 is 2. The number of benzene rings is 1. The predicted octanol–water partition coefficient (Wildman–Crippen LogP) is 2.53. The molecule has 2 aromatic heterocycles. The summed E-state index contributed by atoms with van der Waals surface area (Å²) < 4.78 is 12.2. The third kappa shape index (κ3) is 3.98. The minimum Gasteiger partial charge on any atom is -0.497 e. The maximum atomic E-state index is 12.6. The van der Waals surface area contributed by atoms with Crippen molar-refractivity contribution in [1.82, 2.24) is 19.5 Å². The van der Waals surface area contributed by atoms with E-state index >= 15 is 0 Å². The van der Waals surface area contributed by atoms with Crippen molar-refractivity contribution in [2.24, 2.45) is 0 Å². The van der Waals surface area contributed by atoms with Crippen molar-refractivity contribution in [2.45, 2.75) is 12.8 Å². The van der Waals surface area contributed by atoms with Gasteiger partial charge in [-0.25, -0.2) is 15.0 Å². The van der Waals surface area contributed by atoms with E-state index in [0.717, 1.165) is 18.9 Å². The van der Waals surface area contributed by atoms with Crippen molar-refractivity contribution in [3.05, 3.63) is 48.8 Å². The number of anilines is 2. The summed E-state index contributed by atoms with van der Waals surface area (Å²) in [6.07, 6.45) is 7.08. The van der Waals surface area contributed by atoms with Gasteiger partial charge in [-0.05, 0) is 25.0 Å². The predicted molar refractivity (Wildman–Crippen MR) is 108 cm³/mol. The zero-order chi connectivity index (χ0) is 20.2. The first-order valence-corrected chi connectivity index (χ1v) is 9.32. The Morgan fingerprint density at radius 2 is 1.83 bits per heavy atom. The van der Waals surface area contributed by atoms with Gasteiger partial charge < -0.3 is 19.7 Å². The molecule has 150 valence electrons. The van der Waals surface area contributed by atoms with Crippen LogP contribution in [0.25, 0.3) is 5.82 Å². The van der Waals surface area contributed by atoms with Crippen LogP contribution < -0.4 is 19.7 Å². The summed E-state index contributed by atoms with van der Waals surface area (Å²) in [5.74, 6) is 2.34. The van der Waals surface area contributed by atoms with E-state index in [1.165, 1.54) is 26.3 Å². The molecule has 1 saturated heterocycles. The molecule has 0 saturated carbocycles. The Morgan fingerprint density at radius 1 is 1.03 bits per heavy atom. The number of imidazole rings is 1. The van der Waals surface area contributed by atoms with E-state index in [0.29, 0.717) is 23.0 Å². The number of carbonyl (C=O) groups is 1. The van der Waals surface area contributed by atoms with E-state index in [1.54, 1.807) is 42.4 Å². The summed E-state index contributed by atoms with van der Waals surface area (Å²) >= 11 is 0. The number of rotatable bonds is 6. The summed E-state index contributed by atoms with van der Waals surface area (Å²) in [5, 5.41) is 2.81. The number of ether oxygens (including phenoxy) is 2. The Hall–Kier alpha value is -3.62. The van der Waals surface area contributed by atoms with Gasteiger partial charge in [-0.3, -0.25) is 9.36 Å². The fourth-order valence-corrected chi connectivity index (χ4v) is 3.25. The Kier molecular flexibility index (Phi) is 5.28. The van der Waals surface area contributed by atoms with Gasteiger partial charge >= 0.3 is 0 Å². The van der Waals surface area contributed by atoms with E-state index in [2.05, 4.69) is 25.2 Å². The van der Waals surface area contributed by atoms with Crippen molar-refractivity contribution in [3.8, 4) is 17.3 Å². The van der Waals surface area contributed by atoms with Crippen molar-refractivity contribution in [2.75, 3.05) is 37.5 Å². The summed E-state index contributed by atoms with van der Waals surface area (Å²) in [6, 6.07) is 7.08. The van der Waals surface area contributed by atoms with Gasteiger partial charge in [0.1, 0.15) is 41.5 Å². The minimum absolute atomic E-state index is 0.268. The van der Waals surface area contributed by atoms with Crippen molar-refractivity contribution in [1.29, 1.82) is 0 Å². The second kappa shape index (κ2) is 8.17. The van der Waals surface area contributed by atoms with Crippen molar-refractivity contribution < 1.29 is 14.3 Å². The summed E-state index contributed by atoms with van der Waals surface area (Å²) in [6.45, 7) is 2.00. The number of amides is 1. The second-order valence-electron chi connectivity index (χ2n) is 6.62. The third-order valence-corrected chi connectivity index (χ3v) is 4.80. The molecule has 1 aliphatic rings. The van der Waals surface area contributed by atoms with Gasteiger partial charge in [-0.1, -0.05) is 0 Å². The van der Waals surface area contributed by atoms with Crippen LogP contribution in [0.2, 0.25) is 0 Å². The van der Waals surface area contributed by atoms with Gasteiger partial charge in [0.2, 0.25) is 0 Å². The quantitative estimate of drug-likeness (QED) is 0.686. The average Bonchev–Trinajstić information content (AvgIpc) is 3.46. The van der Waals surface area contributed by atoms with E-state index < -0.39 is 0 Å². The summed E-state index contributed by atoms with van der Waals surface area (Å²) in [7, 11) is 3.11.